The van der Waals surface area contributed by atoms with E-state index in [1.807, 2.05) is 48.5 Å². The molecular formula is C23H21ClO3. The summed E-state index contributed by atoms with van der Waals surface area (Å²) < 4.78 is 5.87. The van der Waals surface area contributed by atoms with Gasteiger partial charge in [0.05, 0.1) is 0 Å². The Bertz CT molecular complexity index is 933. The summed E-state index contributed by atoms with van der Waals surface area (Å²) in [5.74, 6) is -0.0649. The third-order valence-electron chi connectivity index (χ3n) is 4.45. The molecule has 4 heteroatoms. The SMILES string of the molecule is Cc1ccccc1-c1ccc(Cl)c(COc2ccc(CCC(=O)O)cc2)c1. The highest BCUT2D eigenvalue weighted by atomic mass is 35.5. The Morgan fingerprint density at radius 3 is 2.48 bits per heavy atom. The molecule has 3 nitrogen and oxygen atoms in total. The van der Waals surface area contributed by atoms with E-state index < -0.39 is 5.97 Å². The number of hydrogen-bond acceptors (Lipinski definition) is 2. The Morgan fingerprint density at radius 1 is 1.04 bits per heavy atom. The molecule has 0 heterocycles. The van der Waals surface area contributed by atoms with Crippen molar-refractivity contribution in [3.63, 3.8) is 0 Å². The second-order valence-electron chi connectivity index (χ2n) is 6.45. The molecule has 0 saturated carbocycles. The van der Waals surface area contributed by atoms with Gasteiger partial charge in [-0.3, -0.25) is 4.79 Å². The molecule has 0 radical (unpaired) electrons. The van der Waals surface area contributed by atoms with Gasteiger partial charge in [0.25, 0.3) is 0 Å². The van der Waals surface area contributed by atoms with Crippen molar-refractivity contribution < 1.29 is 14.6 Å². The average Bonchev–Trinajstić information content (AvgIpc) is 2.67. The molecule has 0 unspecified atom stereocenters. The molecule has 0 amide bonds. The number of carboxylic acids is 1. The average molecular weight is 381 g/mol. The van der Waals surface area contributed by atoms with Crippen molar-refractivity contribution in [1.29, 1.82) is 0 Å². The molecule has 0 bridgehead atoms. The van der Waals surface area contributed by atoms with Gasteiger partial charge in [0.1, 0.15) is 12.4 Å². The molecule has 0 atom stereocenters. The van der Waals surface area contributed by atoms with Gasteiger partial charge in [-0.25, -0.2) is 0 Å². The van der Waals surface area contributed by atoms with E-state index in [2.05, 4.69) is 25.1 Å². The first kappa shape index (κ1) is 19.0. The fraction of sp³-hybridized carbons (Fsp3) is 0.174. The van der Waals surface area contributed by atoms with E-state index >= 15 is 0 Å². The summed E-state index contributed by atoms with van der Waals surface area (Å²) in [7, 11) is 0. The highest BCUT2D eigenvalue weighted by molar-refractivity contribution is 6.31. The Balaban J connectivity index is 1.70. The van der Waals surface area contributed by atoms with Crippen molar-refractivity contribution in [2.45, 2.75) is 26.4 Å². The third kappa shape index (κ3) is 5.11. The largest absolute Gasteiger partial charge is 0.489 e. The number of halogens is 1. The number of rotatable bonds is 7. The summed E-state index contributed by atoms with van der Waals surface area (Å²) in [6.07, 6.45) is 0.640. The van der Waals surface area contributed by atoms with E-state index in [9.17, 15) is 4.79 Å². The van der Waals surface area contributed by atoms with E-state index in [1.54, 1.807) is 0 Å². The zero-order chi connectivity index (χ0) is 19.2. The first-order valence-corrected chi connectivity index (χ1v) is 9.18. The Labute approximate surface area is 164 Å². The maximum absolute atomic E-state index is 10.6. The predicted octanol–water partition coefficient (Wildman–Crippen LogP) is 5.91. The minimum Gasteiger partial charge on any atom is -0.489 e. The molecule has 138 valence electrons. The number of benzene rings is 3. The maximum Gasteiger partial charge on any atom is 0.303 e. The van der Waals surface area contributed by atoms with Crippen LogP contribution in [-0.2, 0) is 17.8 Å². The summed E-state index contributed by atoms with van der Waals surface area (Å²) in [6, 6.07) is 21.7. The summed E-state index contributed by atoms with van der Waals surface area (Å²) in [5, 5.41) is 9.42. The summed E-state index contributed by atoms with van der Waals surface area (Å²) in [5.41, 5.74) is 5.40. The van der Waals surface area contributed by atoms with Crippen LogP contribution in [0, 0.1) is 6.92 Å². The summed E-state index contributed by atoms with van der Waals surface area (Å²) in [6.45, 7) is 2.46. The lowest BCUT2D eigenvalue weighted by Crippen LogP contribution is -1.99. The first-order valence-electron chi connectivity index (χ1n) is 8.81. The molecule has 0 aliphatic heterocycles. The number of aryl methyl sites for hydroxylation is 2. The van der Waals surface area contributed by atoms with E-state index in [0.29, 0.717) is 18.1 Å². The molecule has 1 N–H and O–H groups in total. The number of carbonyl (C=O) groups is 1. The van der Waals surface area contributed by atoms with Crippen LogP contribution in [0.25, 0.3) is 11.1 Å². The van der Waals surface area contributed by atoms with Gasteiger partial charge < -0.3 is 9.84 Å². The Hall–Kier alpha value is -2.78. The zero-order valence-electron chi connectivity index (χ0n) is 15.1. The van der Waals surface area contributed by atoms with Crippen LogP contribution >= 0.6 is 11.6 Å². The Morgan fingerprint density at radius 2 is 1.78 bits per heavy atom. The van der Waals surface area contributed by atoms with Crippen LogP contribution in [0.4, 0.5) is 0 Å². The van der Waals surface area contributed by atoms with Crippen LogP contribution in [-0.4, -0.2) is 11.1 Å². The van der Waals surface area contributed by atoms with Gasteiger partial charge in [0.15, 0.2) is 0 Å². The van der Waals surface area contributed by atoms with E-state index in [-0.39, 0.29) is 6.42 Å². The number of hydrogen-bond donors (Lipinski definition) is 1. The highest BCUT2D eigenvalue weighted by Crippen LogP contribution is 2.28. The van der Waals surface area contributed by atoms with E-state index in [4.69, 9.17) is 21.4 Å². The van der Waals surface area contributed by atoms with E-state index in [1.165, 1.54) is 11.1 Å². The van der Waals surface area contributed by atoms with Crippen molar-refractivity contribution in [3.05, 3.63) is 88.4 Å². The van der Waals surface area contributed by atoms with E-state index in [0.717, 1.165) is 22.4 Å². The topological polar surface area (TPSA) is 46.5 Å². The van der Waals surface area contributed by atoms with Crippen molar-refractivity contribution in [1.82, 2.24) is 0 Å². The minimum atomic E-state index is -0.793. The van der Waals surface area contributed by atoms with Gasteiger partial charge in [0, 0.05) is 17.0 Å². The van der Waals surface area contributed by atoms with Gasteiger partial charge in [-0.1, -0.05) is 54.1 Å². The second kappa shape index (κ2) is 8.74. The molecule has 0 aliphatic carbocycles. The summed E-state index contributed by atoms with van der Waals surface area (Å²) >= 11 is 6.35. The fourth-order valence-corrected chi connectivity index (χ4v) is 3.09. The van der Waals surface area contributed by atoms with Crippen LogP contribution in [0.1, 0.15) is 23.1 Å². The molecular weight excluding hydrogens is 360 g/mol. The lowest BCUT2D eigenvalue weighted by Gasteiger charge is -2.12. The lowest BCUT2D eigenvalue weighted by molar-refractivity contribution is -0.136. The normalized spacial score (nSPS) is 10.6. The molecule has 0 aromatic heterocycles. The second-order valence-corrected chi connectivity index (χ2v) is 6.85. The highest BCUT2D eigenvalue weighted by Gasteiger charge is 2.07. The number of ether oxygens (including phenoxy) is 1. The van der Waals surface area contributed by atoms with Crippen molar-refractivity contribution in [3.8, 4) is 16.9 Å². The van der Waals surface area contributed by atoms with Gasteiger partial charge in [-0.05, 0) is 59.9 Å². The molecule has 0 aliphatic rings. The molecule has 3 aromatic rings. The monoisotopic (exact) mass is 380 g/mol. The van der Waals surface area contributed by atoms with Crippen LogP contribution in [0.5, 0.6) is 5.75 Å². The third-order valence-corrected chi connectivity index (χ3v) is 4.82. The van der Waals surface area contributed by atoms with Gasteiger partial charge in [0.2, 0.25) is 0 Å². The smallest absolute Gasteiger partial charge is 0.303 e. The maximum atomic E-state index is 10.6. The van der Waals surface area contributed by atoms with Crippen LogP contribution < -0.4 is 4.74 Å². The predicted molar refractivity (Wildman–Crippen MR) is 108 cm³/mol. The van der Waals surface area contributed by atoms with Crippen LogP contribution in [0.15, 0.2) is 66.7 Å². The lowest BCUT2D eigenvalue weighted by atomic mass is 9.99. The van der Waals surface area contributed by atoms with Crippen LogP contribution in [0.2, 0.25) is 5.02 Å². The fourth-order valence-electron chi connectivity index (χ4n) is 2.91. The quantitative estimate of drug-likeness (QED) is 0.554. The van der Waals surface area contributed by atoms with Gasteiger partial charge >= 0.3 is 5.97 Å². The molecule has 0 fully saturated rings. The zero-order valence-corrected chi connectivity index (χ0v) is 15.9. The van der Waals surface area contributed by atoms with Crippen molar-refractivity contribution in [2.24, 2.45) is 0 Å². The first-order chi connectivity index (χ1) is 13.0. The molecule has 27 heavy (non-hydrogen) atoms. The van der Waals surface area contributed by atoms with Gasteiger partial charge in [-0.15, -0.1) is 0 Å². The standard InChI is InChI=1S/C23H21ClO3/c1-16-4-2-3-5-21(16)18-9-12-22(24)19(14-18)15-27-20-10-6-17(7-11-20)8-13-23(25)26/h2-7,9-12,14H,8,13,15H2,1H3,(H,25,26). The minimum absolute atomic E-state index is 0.126. The molecule has 0 saturated heterocycles. The molecule has 3 aromatic carbocycles. The van der Waals surface area contributed by atoms with Crippen LogP contribution in [0.3, 0.4) is 0 Å². The number of carboxylic acid groups (broad SMARTS) is 1. The van der Waals surface area contributed by atoms with Crippen molar-refractivity contribution >= 4 is 17.6 Å². The van der Waals surface area contributed by atoms with Gasteiger partial charge in [-0.2, -0.15) is 0 Å². The summed E-state index contributed by atoms with van der Waals surface area (Å²) in [4.78, 5) is 10.6. The number of aliphatic carboxylic acids is 1. The molecule has 3 rings (SSSR count). The molecule has 0 spiro atoms. The van der Waals surface area contributed by atoms with Crippen molar-refractivity contribution in [2.75, 3.05) is 0 Å². The Kier molecular flexibility index (Phi) is 6.15.